The molecule has 32 heavy (non-hydrogen) atoms. The van der Waals surface area contributed by atoms with Crippen LogP contribution in [0.15, 0.2) is 42.9 Å². The first-order valence-corrected chi connectivity index (χ1v) is 10.3. The van der Waals surface area contributed by atoms with Crippen molar-refractivity contribution in [2.45, 2.75) is 26.1 Å². The summed E-state index contributed by atoms with van der Waals surface area (Å²) in [5.41, 5.74) is 2.52. The molecule has 3 aromatic rings. The summed E-state index contributed by atoms with van der Waals surface area (Å²) in [6.45, 7) is 3.47. The first kappa shape index (κ1) is 21.8. The van der Waals surface area contributed by atoms with E-state index in [2.05, 4.69) is 25.9 Å². The van der Waals surface area contributed by atoms with Gasteiger partial charge < -0.3 is 9.80 Å². The third-order valence-corrected chi connectivity index (χ3v) is 5.56. The lowest BCUT2D eigenvalue weighted by molar-refractivity contribution is -0.141. The lowest BCUT2D eigenvalue weighted by Crippen LogP contribution is -2.33. The molecule has 6 nitrogen and oxygen atoms in total. The number of alkyl halides is 3. The minimum Gasteiger partial charge on any atom is -0.366 e. The number of fused-ring (bicyclic) bond motifs is 1. The van der Waals surface area contributed by atoms with E-state index in [1.165, 1.54) is 18.6 Å². The third-order valence-electron chi connectivity index (χ3n) is 5.32. The zero-order chi connectivity index (χ0) is 22.9. The minimum absolute atomic E-state index is 0.451. The number of hydrogen-bond acceptors (Lipinski definition) is 6. The number of nitrogens with zero attached hydrogens (tertiary/aromatic N) is 6. The molecule has 1 aromatic carbocycles. The van der Waals surface area contributed by atoms with Gasteiger partial charge in [-0.1, -0.05) is 11.6 Å². The van der Waals surface area contributed by atoms with E-state index in [0.717, 1.165) is 23.0 Å². The average Bonchev–Trinajstić information content (AvgIpc) is 2.79. The van der Waals surface area contributed by atoms with Crippen LogP contribution in [0, 0.1) is 11.3 Å². The fourth-order valence-electron chi connectivity index (χ4n) is 3.81. The second kappa shape index (κ2) is 8.63. The van der Waals surface area contributed by atoms with Crippen LogP contribution in [0.2, 0.25) is 5.02 Å². The summed E-state index contributed by atoms with van der Waals surface area (Å²) in [6, 6.07) is 9.71. The van der Waals surface area contributed by atoms with Crippen LogP contribution in [0.5, 0.6) is 0 Å². The van der Waals surface area contributed by atoms with E-state index in [1.54, 1.807) is 12.1 Å². The molecule has 0 amide bonds. The van der Waals surface area contributed by atoms with Crippen molar-refractivity contribution in [3.05, 3.63) is 70.4 Å². The Kier molecular flexibility index (Phi) is 5.89. The molecular formula is C22H18ClF3N6. The first-order chi connectivity index (χ1) is 15.3. The Morgan fingerprint density at radius 3 is 2.66 bits per heavy atom. The maximum Gasteiger partial charge on any atom is 0.433 e. The Morgan fingerprint density at radius 2 is 2.00 bits per heavy atom. The number of benzene rings is 1. The Morgan fingerprint density at radius 1 is 1.19 bits per heavy atom. The number of aromatic nitrogens is 3. The van der Waals surface area contributed by atoms with Gasteiger partial charge in [-0.05, 0) is 37.3 Å². The second-order valence-corrected chi connectivity index (χ2v) is 7.65. The summed E-state index contributed by atoms with van der Waals surface area (Å²) < 4.78 is 38.7. The summed E-state index contributed by atoms with van der Waals surface area (Å²) in [4.78, 5) is 16.3. The van der Waals surface area contributed by atoms with Crippen molar-refractivity contribution in [2.24, 2.45) is 0 Å². The Labute approximate surface area is 187 Å². The van der Waals surface area contributed by atoms with E-state index in [0.29, 0.717) is 48.1 Å². The van der Waals surface area contributed by atoms with E-state index >= 15 is 0 Å². The molecule has 164 valence electrons. The SMILES string of the molecule is CCN(c1ccc(C(F)(F)F)nc1)c1ncnc2c1CN(c1ccc(Cl)cc1C#N)CC2. The van der Waals surface area contributed by atoms with Crippen molar-refractivity contribution in [3.8, 4) is 6.07 Å². The number of rotatable bonds is 4. The molecule has 1 aliphatic rings. The molecule has 0 unspecified atom stereocenters. The van der Waals surface area contributed by atoms with Crippen LogP contribution in [0.3, 0.4) is 0 Å². The fraction of sp³-hybridized carbons (Fsp3) is 0.273. The molecule has 0 bridgehead atoms. The van der Waals surface area contributed by atoms with Gasteiger partial charge in [0.1, 0.15) is 23.9 Å². The number of halogens is 4. The van der Waals surface area contributed by atoms with Crippen molar-refractivity contribution < 1.29 is 13.2 Å². The van der Waals surface area contributed by atoms with E-state index in [4.69, 9.17) is 11.6 Å². The largest absolute Gasteiger partial charge is 0.433 e. The molecule has 10 heteroatoms. The summed E-state index contributed by atoms with van der Waals surface area (Å²) in [5, 5.41) is 10.0. The van der Waals surface area contributed by atoms with Gasteiger partial charge in [0, 0.05) is 36.6 Å². The zero-order valence-corrected chi connectivity index (χ0v) is 17.8. The monoisotopic (exact) mass is 458 g/mol. The maximum atomic E-state index is 12.9. The molecule has 0 aliphatic carbocycles. The Bertz CT molecular complexity index is 1170. The van der Waals surface area contributed by atoms with Crippen LogP contribution >= 0.6 is 11.6 Å². The smallest absolute Gasteiger partial charge is 0.366 e. The van der Waals surface area contributed by atoms with Crippen molar-refractivity contribution in [2.75, 3.05) is 22.9 Å². The van der Waals surface area contributed by atoms with E-state index in [-0.39, 0.29) is 0 Å². The normalized spacial score (nSPS) is 13.4. The fourth-order valence-corrected chi connectivity index (χ4v) is 3.98. The molecule has 0 atom stereocenters. The molecule has 0 fully saturated rings. The van der Waals surface area contributed by atoms with Crippen LogP contribution in [-0.2, 0) is 19.1 Å². The van der Waals surface area contributed by atoms with Crippen LogP contribution in [-0.4, -0.2) is 28.0 Å². The summed E-state index contributed by atoms with van der Waals surface area (Å²) in [5.74, 6) is 0.608. The predicted octanol–water partition coefficient (Wildman–Crippen LogP) is 5.14. The van der Waals surface area contributed by atoms with Crippen molar-refractivity contribution >= 4 is 28.8 Å². The molecule has 0 N–H and O–H groups in total. The minimum atomic E-state index is -4.50. The Balaban J connectivity index is 1.70. The van der Waals surface area contributed by atoms with Gasteiger partial charge in [-0.15, -0.1) is 0 Å². The van der Waals surface area contributed by atoms with Crippen molar-refractivity contribution in [1.82, 2.24) is 15.0 Å². The quantitative estimate of drug-likeness (QED) is 0.539. The molecule has 0 saturated heterocycles. The number of anilines is 3. The van der Waals surface area contributed by atoms with Gasteiger partial charge in [-0.25, -0.2) is 15.0 Å². The highest BCUT2D eigenvalue weighted by molar-refractivity contribution is 6.30. The van der Waals surface area contributed by atoms with E-state index < -0.39 is 11.9 Å². The van der Waals surface area contributed by atoms with Crippen molar-refractivity contribution in [3.63, 3.8) is 0 Å². The van der Waals surface area contributed by atoms with Crippen molar-refractivity contribution in [1.29, 1.82) is 5.26 Å². The van der Waals surface area contributed by atoms with Crippen LogP contribution < -0.4 is 9.80 Å². The third kappa shape index (κ3) is 4.18. The standard InChI is InChI=1S/C22H18ClF3N6/c1-2-32(16-4-6-20(28-11-16)22(24,25)26)21-17-12-31(8-7-18(17)29-13-30-21)19-5-3-15(23)9-14(19)10-27/h3-6,9,11,13H,2,7-8,12H2,1H3. The number of nitriles is 1. The molecule has 0 saturated carbocycles. The molecular weight excluding hydrogens is 441 g/mol. The van der Waals surface area contributed by atoms with Crippen LogP contribution in [0.4, 0.5) is 30.4 Å². The lowest BCUT2D eigenvalue weighted by Gasteiger charge is -2.33. The highest BCUT2D eigenvalue weighted by Crippen LogP contribution is 2.35. The topological polar surface area (TPSA) is 68.9 Å². The van der Waals surface area contributed by atoms with Crippen LogP contribution in [0.25, 0.3) is 0 Å². The molecule has 1 aliphatic heterocycles. The van der Waals surface area contributed by atoms with Gasteiger partial charge in [0.25, 0.3) is 0 Å². The molecule has 3 heterocycles. The summed E-state index contributed by atoms with van der Waals surface area (Å²) >= 11 is 6.04. The zero-order valence-electron chi connectivity index (χ0n) is 17.1. The lowest BCUT2D eigenvalue weighted by atomic mass is 10.0. The van der Waals surface area contributed by atoms with Crippen LogP contribution in [0.1, 0.15) is 29.4 Å². The van der Waals surface area contributed by atoms with E-state index in [1.807, 2.05) is 17.9 Å². The van der Waals surface area contributed by atoms with Gasteiger partial charge >= 0.3 is 6.18 Å². The number of pyridine rings is 1. The Hall–Kier alpha value is -3.38. The second-order valence-electron chi connectivity index (χ2n) is 7.21. The van der Waals surface area contributed by atoms with Gasteiger partial charge in [0.05, 0.1) is 28.8 Å². The summed E-state index contributed by atoms with van der Waals surface area (Å²) in [6.07, 6.45) is -1.19. The highest BCUT2D eigenvalue weighted by Gasteiger charge is 2.32. The van der Waals surface area contributed by atoms with Gasteiger partial charge in [-0.2, -0.15) is 18.4 Å². The highest BCUT2D eigenvalue weighted by atomic mass is 35.5. The van der Waals surface area contributed by atoms with Gasteiger partial charge in [0.15, 0.2) is 0 Å². The predicted molar refractivity (Wildman–Crippen MR) is 115 cm³/mol. The maximum absolute atomic E-state index is 12.9. The van der Waals surface area contributed by atoms with Gasteiger partial charge in [-0.3, -0.25) is 0 Å². The first-order valence-electron chi connectivity index (χ1n) is 9.90. The number of hydrogen-bond donors (Lipinski definition) is 0. The summed E-state index contributed by atoms with van der Waals surface area (Å²) in [7, 11) is 0. The molecule has 4 rings (SSSR count). The molecule has 0 spiro atoms. The van der Waals surface area contributed by atoms with E-state index in [9.17, 15) is 18.4 Å². The molecule has 2 aromatic heterocycles. The average molecular weight is 459 g/mol. The molecule has 0 radical (unpaired) electrons. The van der Waals surface area contributed by atoms with Gasteiger partial charge in [0.2, 0.25) is 0 Å².